The largest absolute Gasteiger partial charge is 0 e. The minimum Gasteiger partial charge on any atom is 0 e. The van der Waals surface area contributed by atoms with Crippen LogP contribution < -0.4 is 0 Å². The molecule has 0 heterocycles. The van der Waals surface area contributed by atoms with E-state index in [-0.39, 0.29) is 119 Å². The summed E-state index contributed by atoms with van der Waals surface area (Å²) in [5, 5.41) is 0. The zero-order valence-corrected chi connectivity index (χ0v) is 10.8. The molecule has 24 valence electrons. The molecule has 0 saturated heterocycles. The van der Waals surface area contributed by atoms with Crippen molar-refractivity contribution in [1.29, 1.82) is 0 Å². The normalized spacial score (nSPS) is 0. The quantitative estimate of drug-likeness (QED) is 0.457. The average Bonchev–Trinajstić information content (AvgIpc) is 0. The molecule has 0 aliphatic heterocycles. The molecule has 5 heavy (non-hydrogen) atoms. The Labute approximate surface area is 117 Å². The molecule has 0 aliphatic rings. The zero-order chi connectivity index (χ0) is 0. The summed E-state index contributed by atoms with van der Waals surface area (Å²) in [6.07, 6.45) is 0. The number of hydrogen-bond acceptors (Lipinski definition) is 0. The summed E-state index contributed by atoms with van der Waals surface area (Å²) >= 11 is 0. The van der Waals surface area contributed by atoms with Gasteiger partial charge in [0.2, 0.25) is 0 Å². The number of rotatable bonds is 0. The van der Waals surface area contributed by atoms with Gasteiger partial charge in [-0.3, -0.25) is 0 Å². The van der Waals surface area contributed by atoms with E-state index in [1.807, 2.05) is 0 Å². The van der Waals surface area contributed by atoms with Crippen molar-refractivity contribution in [3.63, 3.8) is 0 Å². The van der Waals surface area contributed by atoms with E-state index in [2.05, 4.69) is 0 Å². The Balaban J connectivity index is 0. The summed E-state index contributed by atoms with van der Waals surface area (Å²) in [5.74, 6) is 0. The van der Waals surface area contributed by atoms with Crippen molar-refractivity contribution < 1.29 is 72.1 Å². The van der Waals surface area contributed by atoms with Crippen LogP contribution >= 0.6 is 0 Å². The van der Waals surface area contributed by atoms with Crippen molar-refractivity contribution in [3.05, 3.63) is 0 Å². The molecule has 0 aromatic rings. The van der Waals surface area contributed by atoms with Gasteiger partial charge in [-0.1, -0.05) is 0 Å². The molecule has 0 nitrogen and oxygen atoms in total. The van der Waals surface area contributed by atoms with Crippen LogP contribution in [0.4, 0.5) is 0 Å². The van der Waals surface area contributed by atoms with E-state index in [0.29, 0.717) is 0 Å². The molecule has 0 aromatic carbocycles. The third-order valence-corrected chi connectivity index (χ3v) is 0. The van der Waals surface area contributed by atoms with Gasteiger partial charge in [-0.2, -0.15) is 0 Å². The molecule has 0 atom stereocenters. The molecular formula is H6MgMnSnYZn. The minimum absolute atomic E-state index is 0. The van der Waals surface area contributed by atoms with Gasteiger partial charge in [-0.05, 0) is 0 Å². The maximum atomic E-state index is 0. The molecule has 5 heteroatoms. The average molecular weight is 358 g/mol. The molecule has 2 radical (unpaired) electrons. The molecule has 0 unspecified atom stereocenters. The summed E-state index contributed by atoms with van der Waals surface area (Å²) in [6, 6.07) is 0. The van der Waals surface area contributed by atoms with Gasteiger partial charge in [0.15, 0.2) is 0 Å². The van der Waals surface area contributed by atoms with Gasteiger partial charge in [0.25, 0.3) is 0 Å². The predicted octanol–water partition coefficient (Wildman–Crippen LogP) is -1.61. The SMILES string of the molecule is [H-].[H-].[Mg+2].[Mn].[SnH4].[Y].[Zn]. The standard InChI is InChI=1S/Mg.Mn.Sn.Y.Zn.6H/q+2;;;;;;;;;2*-1. The Kier molecular flexibility index (Phi) is 185. The second-order valence-electron chi connectivity index (χ2n) is 0. The topological polar surface area (TPSA) is 0 Å². The third-order valence-electron chi connectivity index (χ3n) is 0. The van der Waals surface area contributed by atoms with Crippen molar-refractivity contribution in [1.82, 2.24) is 0 Å². The molecule has 0 spiro atoms. The van der Waals surface area contributed by atoms with Gasteiger partial charge in [0.1, 0.15) is 0 Å². The fourth-order valence-electron chi connectivity index (χ4n) is 0. The van der Waals surface area contributed by atoms with E-state index in [0.717, 1.165) is 0 Å². The van der Waals surface area contributed by atoms with Crippen LogP contribution in [0.1, 0.15) is 2.85 Å². The summed E-state index contributed by atoms with van der Waals surface area (Å²) in [7, 11) is 0. The molecule has 0 saturated carbocycles. The van der Waals surface area contributed by atoms with Crippen LogP contribution in [-0.2, 0) is 69.3 Å². The van der Waals surface area contributed by atoms with Gasteiger partial charge in [0, 0.05) is 69.3 Å². The Hall–Kier alpha value is 3.81. The first-order chi connectivity index (χ1) is 0. The predicted molar refractivity (Wildman–Crippen MR) is 19.3 cm³/mol. The Morgan fingerprint density at radius 3 is 1.20 bits per heavy atom. The smallest absolute Gasteiger partial charge is 0 e. The summed E-state index contributed by atoms with van der Waals surface area (Å²) in [4.78, 5) is 0. The van der Waals surface area contributed by atoms with Crippen molar-refractivity contribution in [2.75, 3.05) is 0 Å². The van der Waals surface area contributed by atoms with Crippen molar-refractivity contribution in [3.8, 4) is 0 Å². The van der Waals surface area contributed by atoms with E-state index < -0.39 is 0 Å². The van der Waals surface area contributed by atoms with E-state index in [9.17, 15) is 0 Å². The second kappa shape index (κ2) is 24.9. The summed E-state index contributed by atoms with van der Waals surface area (Å²) in [6.45, 7) is 0. The molecule has 0 amide bonds. The van der Waals surface area contributed by atoms with Crippen LogP contribution in [0.2, 0.25) is 0 Å². The maximum Gasteiger partial charge on any atom is 0 e. The number of hydrogen-bond donors (Lipinski definition) is 0. The Bertz CT molecular complexity index is 17.7. The van der Waals surface area contributed by atoms with Gasteiger partial charge >= 0.3 is 47.0 Å². The van der Waals surface area contributed by atoms with Gasteiger partial charge in [-0.25, -0.2) is 0 Å². The molecule has 0 aliphatic carbocycles. The van der Waals surface area contributed by atoms with Crippen LogP contribution in [0.5, 0.6) is 0 Å². The molecular weight excluding hydrogens is 352 g/mol. The summed E-state index contributed by atoms with van der Waals surface area (Å²) < 4.78 is 0. The second-order valence-corrected chi connectivity index (χ2v) is 0. The molecule has 0 aromatic heterocycles. The first kappa shape index (κ1) is 37.0. The maximum absolute atomic E-state index is 0. The molecule has 0 rings (SSSR count). The molecule has 0 fully saturated rings. The Morgan fingerprint density at radius 2 is 1.20 bits per heavy atom. The third kappa shape index (κ3) is 18.2. The fraction of sp³-hybridized carbons (Fsp3) is 0. The van der Waals surface area contributed by atoms with E-state index in [1.54, 1.807) is 0 Å². The van der Waals surface area contributed by atoms with Crippen molar-refractivity contribution >= 4 is 47.0 Å². The zero-order valence-electron chi connectivity index (χ0n) is 4.37. The van der Waals surface area contributed by atoms with Crippen molar-refractivity contribution in [2.24, 2.45) is 0 Å². The van der Waals surface area contributed by atoms with E-state index in [1.165, 1.54) is 0 Å². The van der Waals surface area contributed by atoms with Gasteiger partial charge < -0.3 is 2.85 Å². The van der Waals surface area contributed by atoms with Gasteiger partial charge in [0.05, 0.1) is 0 Å². The van der Waals surface area contributed by atoms with Crippen LogP contribution in [0.25, 0.3) is 0 Å². The van der Waals surface area contributed by atoms with Gasteiger partial charge in [-0.15, -0.1) is 0 Å². The van der Waals surface area contributed by atoms with E-state index >= 15 is 0 Å². The van der Waals surface area contributed by atoms with Crippen LogP contribution in [-0.4, -0.2) is 47.0 Å². The van der Waals surface area contributed by atoms with Crippen molar-refractivity contribution in [2.45, 2.75) is 0 Å². The first-order valence-electron chi connectivity index (χ1n) is 0. The molecule has 0 N–H and O–H groups in total. The molecule has 0 bridgehead atoms. The fourth-order valence-corrected chi connectivity index (χ4v) is 0. The minimum atomic E-state index is 0. The van der Waals surface area contributed by atoms with Crippen LogP contribution in [0, 0.1) is 0 Å². The first-order valence-corrected chi connectivity index (χ1v) is 0. The monoisotopic (exact) mass is 358 g/mol. The van der Waals surface area contributed by atoms with E-state index in [4.69, 9.17) is 0 Å². The van der Waals surface area contributed by atoms with Crippen LogP contribution in [0.15, 0.2) is 0 Å². The van der Waals surface area contributed by atoms with Crippen LogP contribution in [0.3, 0.4) is 0 Å². The summed E-state index contributed by atoms with van der Waals surface area (Å²) in [5.41, 5.74) is 0. The Morgan fingerprint density at radius 1 is 1.20 bits per heavy atom.